The number of nitrogens with zero attached hydrogens (tertiary/aromatic N) is 2. The van der Waals surface area contributed by atoms with Gasteiger partial charge in [0.2, 0.25) is 11.7 Å². The Kier molecular flexibility index (Phi) is 5.30. The lowest BCUT2D eigenvalue weighted by Crippen LogP contribution is -2.44. The number of hydrazine groups is 1. The van der Waals surface area contributed by atoms with Crippen LogP contribution in [0.25, 0.3) is 11.0 Å². The van der Waals surface area contributed by atoms with Crippen LogP contribution < -0.4 is 10.9 Å². The first-order valence-electron chi connectivity index (χ1n) is 8.08. The van der Waals surface area contributed by atoms with Crippen molar-refractivity contribution in [2.45, 2.75) is 19.1 Å². The molecule has 6 nitrogen and oxygen atoms in total. The third-order valence-corrected chi connectivity index (χ3v) is 3.80. The topological polar surface area (TPSA) is 76.0 Å². The van der Waals surface area contributed by atoms with Gasteiger partial charge in [-0.2, -0.15) is 13.2 Å². The lowest BCUT2D eigenvalue weighted by molar-refractivity contribution is -0.147. The number of carbonyl (C=O) groups excluding carboxylic acids is 2. The fourth-order valence-electron chi connectivity index (χ4n) is 2.65. The summed E-state index contributed by atoms with van der Waals surface area (Å²) in [4.78, 5) is 27.4. The van der Waals surface area contributed by atoms with Crippen molar-refractivity contribution < 1.29 is 27.2 Å². The lowest BCUT2D eigenvalue weighted by atomic mass is 10.1. The van der Waals surface area contributed by atoms with E-state index in [0.717, 1.165) is 10.6 Å². The van der Waals surface area contributed by atoms with E-state index in [4.69, 9.17) is 0 Å². The van der Waals surface area contributed by atoms with Crippen molar-refractivity contribution in [2.75, 3.05) is 0 Å². The molecule has 0 aliphatic heterocycles. The van der Waals surface area contributed by atoms with Crippen LogP contribution in [0.5, 0.6) is 0 Å². The molecule has 2 amide bonds. The van der Waals surface area contributed by atoms with Gasteiger partial charge in [0.05, 0.1) is 17.5 Å². The van der Waals surface area contributed by atoms with Crippen LogP contribution in [0.2, 0.25) is 0 Å². The zero-order valence-corrected chi connectivity index (χ0v) is 14.3. The Balaban J connectivity index is 1.67. The molecule has 1 heterocycles. The number of carbonyl (C=O) groups is 2. The van der Waals surface area contributed by atoms with Gasteiger partial charge in [0.15, 0.2) is 0 Å². The van der Waals surface area contributed by atoms with Crippen LogP contribution >= 0.6 is 0 Å². The number of para-hydroxylation sites is 2. The van der Waals surface area contributed by atoms with Crippen molar-refractivity contribution in [1.29, 1.82) is 0 Å². The van der Waals surface area contributed by atoms with Gasteiger partial charge in [-0.1, -0.05) is 24.3 Å². The van der Waals surface area contributed by atoms with E-state index in [0.29, 0.717) is 5.56 Å². The summed E-state index contributed by atoms with van der Waals surface area (Å²) in [6.45, 7) is -0.699. The van der Waals surface area contributed by atoms with Gasteiger partial charge in [-0.15, -0.1) is 0 Å². The number of hydrogen-bond donors (Lipinski definition) is 2. The van der Waals surface area contributed by atoms with Gasteiger partial charge >= 0.3 is 6.18 Å². The summed E-state index contributed by atoms with van der Waals surface area (Å²) in [7, 11) is 0. The second-order valence-electron chi connectivity index (χ2n) is 5.91. The van der Waals surface area contributed by atoms with Crippen LogP contribution in [0.4, 0.5) is 17.6 Å². The summed E-state index contributed by atoms with van der Waals surface area (Å²) in [5.41, 5.74) is 4.76. The average molecular weight is 394 g/mol. The second-order valence-corrected chi connectivity index (χ2v) is 5.91. The van der Waals surface area contributed by atoms with Crippen LogP contribution in [0.15, 0.2) is 48.5 Å². The van der Waals surface area contributed by atoms with Crippen molar-refractivity contribution in [2.24, 2.45) is 0 Å². The quantitative estimate of drug-likeness (QED) is 0.528. The fourth-order valence-corrected chi connectivity index (χ4v) is 2.65. The monoisotopic (exact) mass is 394 g/mol. The molecule has 0 saturated heterocycles. The summed E-state index contributed by atoms with van der Waals surface area (Å²) in [6, 6.07) is 11.2. The molecule has 0 radical (unpaired) electrons. The van der Waals surface area contributed by atoms with Crippen molar-refractivity contribution in [3.63, 3.8) is 0 Å². The summed E-state index contributed by atoms with van der Waals surface area (Å²) >= 11 is 0. The molecule has 0 saturated carbocycles. The molecule has 146 valence electrons. The Morgan fingerprint density at radius 3 is 2.43 bits per heavy atom. The van der Waals surface area contributed by atoms with Crippen molar-refractivity contribution in [3.8, 4) is 0 Å². The Morgan fingerprint density at radius 1 is 1.00 bits per heavy atom. The molecule has 3 rings (SSSR count). The standard InChI is InChI=1S/C18H14F4N4O2/c19-12-5-3-4-11(8-12)9-15(27)24-25-16(28)10-26-14-7-2-1-6-13(14)23-17(26)18(20,21)22/h1-8H,9-10H2,(H,24,27)(H,25,28). The van der Waals surface area contributed by atoms with Crippen LogP contribution in [0.3, 0.4) is 0 Å². The van der Waals surface area contributed by atoms with E-state index >= 15 is 0 Å². The van der Waals surface area contributed by atoms with Gasteiger partial charge < -0.3 is 4.57 Å². The van der Waals surface area contributed by atoms with Gasteiger partial charge in [0.1, 0.15) is 12.4 Å². The molecule has 0 atom stereocenters. The summed E-state index contributed by atoms with van der Waals surface area (Å²) in [5.74, 6) is -3.25. The predicted molar refractivity (Wildman–Crippen MR) is 91.1 cm³/mol. The molecule has 10 heteroatoms. The molecule has 28 heavy (non-hydrogen) atoms. The Morgan fingerprint density at radius 2 is 1.71 bits per heavy atom. The largest absolute Gasteiger partial charge is 0.449 e. The molecule has 1 aromatic heterocycles. The molecule has 0 bridgehead atoms. The van der Waals surface area contributed by atoms with E-state index in [9.17, 15) is 27.2 Å². The van der Waals surface area contributed by atoms with Crippen LogP contribution in [0, 0.1) is 5.82 Å². The summed E-state index contributed by atoms with van der Waals surface area (Å²) < 4.78 is 53.5. The van der Waals surface area contributed by atoms with Gasteiger partial charge in [0.25, 0.3) is 5.91 Å². The molecule has 2 N–H and O–H groups in total. The molecule has 0 spiro atoms. The van der Waals surface area contributed by atoms with E-state index in [2.05, 4.69) is 15.8 Å². The number of nitrogens with one attached hydrogen (secondary N) is 2. The number of rotatable bonds is 4. The number of benzene rings is 2. The van der Waals surface area contributed by atoms with Gasteiger partial charge in [-0.25, -0.2) is 9.37 Å². The number of aromatic nitrogens is 2. The fraction of sp³-hybridized carbons (Fsp3) is 0.167. The molecule has 2 aromatic carbocycles. The van der Waals surface area contributed by atoms with Gasteiger partial charge in [-0.3, -0.25) is 20.4 Å². The van der Waals surface area contributed by atoms with Crippen molar-refractivity contribution >= 4 is 22.8 Å². The first-order chi connectivity index (χ1) is 13.2. The second kappa shape index (κ2) is 7.67. The zero-order valence-electron chi connectivity index (χ0n) is 14.3. The molecule has 0 fully saturated rings. The minimum atomic E-state index is -4.75. The highest BCUT2D eigenvalue weighted by Crippen LogP contribution is 2.31. The van der Waals surface area contributed by atoms with Crippen LogP contribution in [0.1, 0.15) is 11.4 Å². The average Bonchev–Trinajstić information content (AvgIpc) is 2.99. The highest BCUT2D eigenvalue weighted by atomic mass is 19.4. The SMILES string of the molecule is O=C(Cc1cccc(F)c1)NNC(=O)Cn1c(C(F)(F)F)nc2ccccc21. The Bertz CT molecular complexity index is 1030. The maximum atomic E-state index is 13.2. The minimum absolute atomic E-state index is 0.0952. The van der Waals surface area contributed by atoms with Crippen molar-refractivity contribution in [1.82, 2.24) is 20.4 Å². The minimum Gasteiger partial charge on any atom is -0.311 e. The number of imidazole rings is 1. The zero-order chi connectivity index (χ0) is 20.3. The first-order valence-corrected chi connectivity index (χ1v) is 8.08. The number of hydrogen-bond acceptors (Lipinski definition) is 3. The number of amides is 2. The highest BCUT2D eigenvalue weighted by Gasteiger charge is 2.38. The smallest absolute Gasteiger partial charge is 0.311 e. The molecule has 3 aromatic rings. The lowest BCUT2D eigenvalue weighted by Gasteiger charge is -2.12. The third kappa shape index (κ3) is 4.45. The van der Waals surface area contributed by atoms with E-state index in [1.54, 1.807) is 0 Å². The van der Waals surface area contributed by atoms with E-state index < -0.39 is 36.2 Å². The Labute approximate surface area is 156 Å². The predicted octanol–water partition coefficient (Wildman–Crippen LogP) is 2.58. The maximum Gasteiger partial charge on any atom is 0.449 e. The molecule has 0 aliphatic carbocycles. The number of halogens is 4. The van der Waals surface area contributed by atoms with E-state index in [1.165, 1.54) is 42.5 Å². The van der Waals surface area contributed by atoms with Gasteiger partial charge in [0, 0.05) is 0 Å². The molecular formula is C18H14F4N4O2. The maximum absolute atomic E-state index is 13.2. The van der Waals surface area contributed by atoms with E-state index in [-0.39, 0.29) is 17.5 Å². The van der Waals surface area contributed by atoms with Crippen LogP contribution in [-0.4, -0.2) is 21.4 Å². The van der Waals surface area contributed by atoms with E-state index in [1.807, 2.05) is 0 Å². The van der Waals surface area contributed by atoms with Gasteiger partial charge in [-0.05, 0) is 29.8 Å². The summed E-state index contributed by atoms with van der Waals surface area (Å²) in [5, 5.41) is 0. The molecule has 0 aliphatic rings. The highest BCUT2D eigenvalue weighted by molar-refractivity contribution is 5.84. The first kappa shape index (κ1) is 19.3. The molecular weight excluding hydrogens is 380 g/mol. The van der Waals surface area contributed by atoms with Crippen LogP contribution in [-0.2, 0) is 28.7 Å². The number of alkyl halides is 3. The Hall–Kier alpha value is -3.43. The molecule has 0 unspecified atom stereocenters. The normalized spacial score (nSPS) is 11.4. The third-order valence-electron chi connectivity index (χ3n) is 3.80. The number of fused-ring (bicyclic) bond motifs is 1. The van der Waals surface area contributed by atoms with Crippen molar-refractivity contribution in [3.05, 3.63) is 65.7 Å². The summed E-state index contributed by atoms with van der Waals surface area (Å²) in [6.07, 6.45) is -4.96.